The summed E-state index contributed by atoms with van der Waals surface area (Å²) in [4.78, 5) is 33.2. The number of carbonyl (C=O) groups excluding carboxylic acids is 2. The first-order valence-corrected chi connectivity index (χ1v) is 9.35. The number of hydrogen-bond donors (Lipinski definition) is 0. The van der Waals surface area contributed by atoms with Gasteiger partial charge >= 0.3 is 11.9 Å². The fourth-order valence-electron chi connectivity index (χ4n) is 2.19. The highest BCUT2D eigenvalue weighted by molar-refractivity contribution is 7.90. The van der Waals surface area contributed by atoms with Crippen LogP contribution in [0.25, 0.3) is 0 Å². The van der Waals surface area contributed by atoms with E-state index in [2.05, 4.69) is 4.74 Å². The van der Waals surface area contributed by atoms with Crippen LogP contribution in [0.1, 0.15) is 26.3 Å². The summed E-state index contributed by atoms with van der Waals surface area (Å²) in [6, 6.07) is 9.13. The molecule has 2 aromatic carbocycles. The molecule has 2 rings (SSSR count). The number of carbonyl (C=O) groups is 2. The Hall–Kier alpha value is -3.27. The number of sulfone groups is 1. The van der Waals surface area contributed by atoms with E-state index in [0.717, 1.165) is 24.5 Å². The Morgan fingerprint density at radius 1 is 1.04 bits per heavy atom. The first kappa shape index (κ1) is 20.0. The van der Waals surface area contributed by atoms with Gasteiger partial charge in [-0.2, -0.15) is 0 Å². The molecule has 27 heavy (non-hydrogen) atoms. The van der Waals surface area contributed by atoms with Crippen LogP contribution < -0.4 is 0 Å². The average molecular weight is 393 g/mol. The summed E-state index contributed by atoms with van der Waals surface area (Å²) in [5, 5.41) is 11.1. The Morgan fingerprint density at radius 3 is 2.15 bits per heavy atom. The molecule has 0 N–H and O–H groups in total. The minimum atomic E-state index is -3.82. The summed E-state index contributed by atoms with van der Waals surface area (Å²) in [6.45, 7) is -0.137. The van der Waals surface area contributed by atoms with Crippen LogP contribution in [-0.4, -0.2) is 38.6 Å². The van der Waals surface area contributed by atoms with Gasteiger partial charge < -0.3 is 9.47 Å². The zero-order chi connectivity index (χ0) is 20.2. The second kappa shape index (κ2) is 7.96. The van der Waals surface area contributed by atoms with Gasteiger partial charge in [0, 0.05) is 12.3 Å². The van der Waals surface area contributed by atoms with Crippen LogP contribution in [0.2, 0.25) is 0 Å². The molecule has 0 fully saturated rings. The molecule has 0 heterocycles. The lowest BCUT2D eigenvalue weighted by molar-refractivity contribution is -0.387. The topological polar surface area (TPSA) is 130 Å². The third kappa shape index (κ3) is 4.88. The van der Waals surface area contributed by atoms with Crippen molar-refractivity contribution in [3.05, 3.63) is 69.3 Å². The van der Waals surface area contributed by atoms with E-state index in [1.54, 1.807) is 12.1 Å². The Labute approximate surface area is 154 Å². The van der Waals surface area contributed by atoms with Gasteiger partial charge in [0.05, 0.1) is 23.2 Å². The number of nitro benzene ring substituents is 1. The molecule has 0 radical (unpaired) electrons. The standard InChI is InChI=1S/C17H15NO8S/c1-25-16(19)12-5-3-11(4-6-12)10-26-17(20)13-7-8-15(27(2,23)24)14(9-13)18(21)22/h3-9H,10H2,1-2H3. The number of esters is 2. The van der Waals surface area contributed by atoms with Gasteiger partial charge in [-0.05, 0) is 29.8 Å². The minimum Gasteiger partial charge on any atom is -0.465 e. The van der Waals surface area contributed by atoms with Gasteiger partial charge in [-0.1, -0.05) is 12.1 Å². The van der Waals surface area contributed by atoms with Crippen LogP contribution in [0.5, 0.6) is 0 Å². The maximum Gasteiger partial charge on any atom is 0.338 e. The molecule has 0 bridgehead atoms. The zero-order valence-electron chi connectivity index (χ0n) is 14.4. The molecule has 0 aliphatic carbocycles. The highest BCUT2D eigenvalue weighted by Gasteiger charge is 2.24. The van der Waals surface area contributed by atoms with Gasteiger partial charge in [-0.25, -0.2) is 18.0 Å². The Morgan fingerprint density at radius 2 is 1.63 bits per heavy atom. The van der Waals surface area contributed by atoms with Gasteiger partial charge in [-0.3, -0.25) is 10.1 Å². The lowest BCUT2D eigenvalue weighted by atomic mass is 10.1. The molecule has 0 amide bonds. The monoisotopic (exact) mass is 393 g/mol. The summed E-state index contributed by atoms with van der Waals surface area (Å²) in [7, 11) is -2.56. The Bertz CT molecular complexity index is 996. The van der Waals surface area contributed by atoms with Crippen molar-refractivity contribution < 1.29 is 32.4 Å². The van der Waals surface area contributed by atoms with Crippen molar-refractivity contribution in [3.8, 4) is 0 Å². The van der Waals surface area contributed by atoms with Crippen molar-refractivity contribution >= 4 is 27.5 Å². The average Bonchev–Trinajstić information content (AvgIpc) is 2.64. The van der Waals surface area contributed by atoms with Crippen LogP contribution >= 0.6 is 0 Å². The SMILES string of the molecule is COC(=O)c1ccc(COC(=O)c2ccc(S(C)(=O)=O)c([N+](=O)[O-])c2)cc1. The molecular weight excluding hydrogens is 378 g/mol. The fourth-order valence-corrected chi connectivity index (χ4v) is 3.02. The van der Waals surface area contributed by atoms with E-state index in [9.17, 15) is 28.1 Å². The van der Waals surface area contributed by atoms with E-state index >= 15 is 0 Å². The molecular formula is C17H15NO8S. The van der Waals surface area contributed by atoms with E-state index < -0.39 is 37.3 Å². The summed E-state index contributed by atoms with van der Waals surface area (Å²) < 4.78 is 32.8. The van der Waals surface area contributed by atoms with Crippen molar-refractivity contribution in [3.63, 3.8) is 0 Å². The van der Waals surface area contributed by atoms with Gasteiger partial charge in [0.15, 0.2) is 9.84 Å². The highest BCUT2D eigenvalue weighted by Crippen LogP contribution is 2.25. The van der Waals surface area contributed by atoms with Gasteiger partial charge in [-0.15, -0.1) is 0 Å². The summed E-state index contributed by atoms with van der Waals surface area (Å²) in [6.07, 6.45) is 0.839. The van der Waals surface area contributed by atoms with Gasteiger partial charge in [0.1, 0.15) is 11.5 Å². The zero-order valence-corrected chi connectivity index (χ0v) is 15.2. The van der Waals surface area contributed by atoms with Crippen molar-refractivity contribution in [1.82, 2.24) is 0 Å². The molecule has 0 saturated heterocycles. The second-order valence-corrected chi connectivity index (χ2v) is 7.46. The van der Waals surface area contributed by atoms with E-state index in [-0.39, 0.29) is 12.2 Å². The number of benzene rings is 2. The molecule has 9 nitrogen and oxygen atoms in total. The maximum absolute atomic E-state index is 12.1. The van der Waals surface area contributed by atoms with Crippen LogP contribution in [-0.2, 0) is 25.9 Å². The predicted octanol–water partition coefficient (Wildman–Crippen LogP) is 2.14. The number of nitrogens with zero attached hydrogens (tertiary/aromatic N) is 1. The highest BCUT2D eigenvalue weighted by atomic mass is 32.2. The number of ether oxygens (including phenoxy) is 2. The van der Waals surface area contributed by atoms with Crippen molar-refractivity contribution in [2.75, 3.05) is 13.4 Å². The lowest BCUT2D eigenvalue weighted by Gasteiger charge is -2.07. The molecule has 0 unspecified atom stereocenters. The summed E-state index contributed by atoms with van der Waals surface area (Å²) in [5.41, 5.74) is 0.0625. The predicted molar refractivity (Wildman–Crippen MR) is 93.1 cm³/mol. The molecule has 0 saturated carbocycles. The molecule has 10 heteroatoms. The maximum atomic E-state index is 12.1. The normalized spacial score (nSPS) is 10.9. The minimum absolute atomic E-state index is 0.137. The Balaban J connectivity index is 2.15. The number of methoxy groups -OCH3 is 1. The quantitative estimate of drug-likeness (QED) is 0.414. The number of hydrogen-bond acceptors (Lipinski definition) is 8. The Kier molecular flexibility index (Phi) is 5.91. The molecule has 0 spiro atoms. The molecule has 0 aliphatic rings. The van der Waals surface area contributed by atoms with Crippen LogP contribution in [0.4, 0.5) is 5.69 Å². The van der Waals surface area contributed by atoms with Crippen LogP contribution in [0, 0.1) is 10.1 Å². The summed E-state index contributed by atoms with van der Waals surface area (Å²) in [5.74, 6) is -1.35. The number of rotatable bonds is 6. The first-order valence-electron chi connectivity index (χ1n) is 7.46. The molecule has 0 aliphatic heterocycles. The lowest BCUT2D eigenvalue weighted by Crippen LogP contribution is -2.09. The van der Waals surface area contributed by atoms with Crippen molar-refractivity contribution in [1.29, 1.82) is 0 Å². The first-order chi connectivity index (χ1) is 12.6. The van der Waals surface area contributed by atoms with E-state index in [0.29, 0.717) is 11.1 Å². The molecule has 0 atom stereocenters. The number of nitro groups is 1. The third-order valence-electron chi connectivity index (χ3n) is 3.54. The molecule has 142 valence electrons. The van der Waals surface area contributed by atoms with E-state index in [1.165, 1.54) is 19.2 Å². The van der Waals surface area contributed by atoms with Gasteiger partial charge in [0.25, 0.3) is 5.69 Å². The molecule has 2 aromatic rings. The van der Waals surface area contributed by atoms with Crippen LogP contribution in [0.3, 0.4) is 0 Å². The van der Waals surface area contributed by atoms with Crippen molar-refractivity contribution in [2.45, 2.75) is 11.5 Å². The third-order valence-corrected chi connectivity index (χ3v) is 4.68. The van der Waals surface area contributed by atoms with E-state index in [1.807, 2.05) is 0 Å². The van der Waals surface area contributed by atoms with Crippen LogP contribution in [0.15, 0.2) is 47.4 Å². The second-order valence-electron chi connectivity index (χ2n) is 5.48. The largest absolute Gasteiger partial charge is 0.465 e. The summed E-state index contributed by atoms with van der Waals surface area (Å²) >= 11 is 0. The van der Waals surface area contributed by atoms with E-state index in [4.69, 9.17) is 4.74 Å². The van der Waals surface area contributed by atoms with Crippen molar-refractivity contribution in [2.24, 2.45) is 0 Å². The van der Waals surface area contributed by atoms with Gasteiger partial charge in [0.2, 0.25) is 0 Å². The fraction of sp³-hybridized carbons (Fsp3) is 0.176. The molecule has 0 aromatic heterocycles. The smallest absolute Gasteiger partial charge is 0.338 e.